The van der Waals surface area contributed by atoms with Crippen molar-refractivity contribution in [3.63, 3.8) is 0 Å². The average Bonchev–Trinajstić information content (AvgIpc) is 2.37. The van der Waals surface area contributed by atoms with Crippen LogP contribution in [0.4, 0.5) is 4.39 Å². The first-order chi connectivity index (χ1) is 9.77. The fraction of sp³-hybridized carbons (Fsp3) is 0.562. The predicted octanol–water partition coefficient (Wildman–Crippen LogP) is 2.62. The van der Waals surface area contributed by atoms with Crippen molar-refractivity contribution in [2.75, 3.05) is 7.05 Å². The van der Waals surface area contributed by atoms with Gasteiger partial charge in [-0.05, 0) is 51.9 Å². The molecule has 118 valence electrons. The quantitative estimate of drug-likeness (QED) is 0.813. The largest absolute Gasteiger partial charge is 0.481 e. The van der Waals surface area contributed by atoms with Crippen molar-refractivity contribution >= 4 is 5.91 Å². The molecule has 1 amide bonds. The lowest BCUT2D eigenvalue weighted by Gasteiger charge is -2.26. The minimum absolute atomic E-state index is 0.207. The maximum Gasteiger partial charge on any atom is 0.261 e. The number of carbonyl (C=O) groups excluding carboxylic acids is 1. The van der Waals surface area contributed by atoms with E-state index in [1.807, 2.05) is 20.8 Å². The number of rotatable bonds is 7. The van der Waals surface area contributed by atoms with E-state index < -0.39 is 6.10 Å². The molecule has 0 bridgehead atoms. The average molecular weight is 296 g/mol. The third-order valence-corrected chi connectivity index (χ3v) is 3.34. The molecule has 4 nitrogen and oxygen atoms in total. The third-order valence-electron chi connectivity index (χ3n) is 3.34. The van der Waals surface area contributed by atoms with Crippen molar-refractivity contribution in [3.05, 3.63) is 29.6 Å². The summed E-state index contributed by atoms with van der Waals surface area (Å²) in [5, 5.41) is 5.86. The second kappa shape index (κ2) is 7.41. The van der Waals surface area contributed by atoms with Gasteiger partial charge in [-0.2, -0.15) is 0 Å². The van der Waals surface area contributed by atoms with Crippen LogP contribution in [0.2, 0.25) is 0 Å². The molecule has 0 aliphatic carbocycles. The molecule has 1 aromatic rings. The van der Waals surface area contributed by atoms with Crippen LogP contribution in [0.1, 0.15) is 39.7 Å². The molecule has 0 heterocycles. The van der Waals surface area contributed by atoms with Crippen LogP contribution in [-0.4, -0.2) is 24.6 Å². The van der Waals surface area contributed by atoms with Crippen LogP contribution in [0.15, 0.2) is 18.2 Å². The van der Waals surface area contributed by atoms with Crippen molar-refractivity contribution in [2.24, 2.45) is 0 Å². The fourth-order valence-electron chi connectivity index (χ4n) is 1.78. The Hall–Kier alpha value is -1.62. The predicted molar refractivity (Wildman–Crippen MR) is 81.8 cm³/mol. The number of carbonyl (C=O) groups is 1. The Bertz CT molecular complexity index is 489. The Morgan fingerprint density at radius 2 is 2.05 bits per heavy atom. The van der Waals surface area contributed by atoms with Crippen LogP contribution < -0.4 is 15.4 Å². The van der Waals surface area contributed by atoms with Gasteiger partial charge in [-0.1, -0.05) is 6.92 Å². The van der Waals surface area contributed by atoms with E-state index in [2.05, 4.69) is 10.6 Å². The van der Waals surface area contributed by atoms with Crippen LogP contribution in [0.3, 0.4) is 0 Å². The van der Waals surface area contributed by atoms with Gasteiger partial charge >= 0.3 is 0 Å². The van der Waals surface area contributed by atoms with Crippen LogP contribution in [-0.2, 0) is 11.3 Å². The van der Waals surface area contributed by atoms with Crippen molar-refractivity contribution in [2.45, 2.75) is 52.3 Å². The molecule has 0 saturated carbocycles. The Morgan fingerprint density at radius 3 is 2.62 bits per heavy atom. The van der Waals surface area contributed by atoms with E-state index in [0.29, 0.717) is 12.3 Å². The lowest BCUT2D eigenvalue weighted by Crippen LogP contribution is -2.48. The summed E-state index contributed by atoms with van der Waals surface area (Å²) in [6.45, 7) is 8.10. The molecule has 1 atom stereocenters. The van der Waals surface area contributed by atoms with Gasteiger partial charge in [0.2, 0.25) is 0 Å². The highest BCUT2D eigenvalue weighted by Gasteiger charge is 2.23. The Morgan fingerprint density at radius 1 is 1.38 bits per heavy atom. The monoisotopic (exact) mass is 296 g/mol. The normalized spacial score (nSPS) is 12.9. The summed E-state index contributed by atoms with van der Waals surface area (Å²) in [6, 6.07) is 4.45. The number of nitrogens with one attached hydrogen (secondary N) is 2. The molecular weight excluding hydrogens is 271 g/mol. The van der Waals surface area contributed by atoms with E-state index in [-0.39, 0.29) is 17.3 Å². The molecule has 21 heavy (non-hydrogen) atoms. The Kier molecular flexibility index (Phi) is 6.15. The van der Waals surface area contributed by atoms with Crippen molar-refractivity contribution < 1.29 is 13.9 Å². The molecule has 0 aromatic heterocycles. The molecule has 0 saturated heterocycles. The van der Waals surface area contributed by atoms with Gasteiger partial charge in [0.05, 0.1) is 0 Å². The van der Waals surface area contributed by atoms with E-state index in [1.165, 1.54) is 12.1 Å². The van der Waals surface area contributed by atoms with Gasteiger partial charge in [0, 0.05) is 18.2 Å². The Balaban J connectivity index is 2.74. The maximum atomic E-state index is 13.5. The number of hydrogen-bond acceptors (Lipinski definition) is 3. The summed E-state index contributed by atoms with van der Waals surface area (Å²) < 4.78 is 19.1. The number of halogens is 1. The third kappa shape index (κ3) is 5.71. The van der Waals surface area contributed by atoms with Gasteiger partial charge in [-0.15, -0.1) is 0 Å². The second-order valence-corrected chi connectivity index (χ2v) is 5.81. The molecule has 0 aliphatic rings. The smallest absolute Gasteiger partial charge is 0.261 e. The van der Waals surface area contributed by atoms with Gasteiger partial charge in [0.15, 0.2) is 6.10 Å². The summed E-state index contributed by atoms with van der Waals surface area (Å²) in [4.78, 5) is 12.1. The molecule has 5 heteroatoms. The maximum absolute atomic E-state index is 13.5. The van der Waals surface area contributed by atoms with Gasteiger partial charge in [0.1, 0.15) is 11.6 Å². The van der Waals surface area contributed by atoms with E-state index in [1.54, 1.807) is 20.0 Å². The highest BCUT2D eigenvalue weighted by atomic mass is 19.1. The second-order valence-electron chi connectivity index (χ2n) is 5.81. The highest BCUT2D eigenvalue weighted by Crippen LogP contribution is 2.18. The number of ether oxygens (including phenoxy) is 1. The summed E-state index contributed by atoms with van der Waals surface area (Å²) in [6.07, 6.45) is 0.137. The summed E-state index contributed by atoms with van der Waals surface area (Å²) in [7, 11) is 1.79. The number of amides is 1. The zero-order valence-electron chi connectivity index (χ0n) is 13.4. The summed E-state index contributed by atoms with van der Waals surface area (Å²) in [5.41, 5.74) is 0.488. The first kappa shape index (κ1) is 17.4. The SMILES string of the molecule is CCC(C)(C)NC(=O)C(C)Oc1cc(F)cc(CNC)c1. The van der Waals surface area contributed by atoms with Crippen molar-refractivity contribution in [1.29, 1.82) is 0 Å². The minimum Gasteiger partial charge on any atom is -0.481 e. The molecule has 0 radical (unpaired) electrons. The van der Waals surface area contributed by atoms with Crippen LogP contribution in [0, 0.1) is 5.82 Å². The first-order valence-electron chi connectivity index (χ1n) is 7.20. The van der Waals surface area contributed by atoms with Gasteiger partial charge < -0.3 is 15.4 Å². The Labute approximate surface area is 126 Å². The number of hydrogen-bond donors (Lipinski definition) is 2. The van der Waals surface area contributed by atoms with Gasteiger partial charge in [-0.3, -0.25) is 4.79 Å². The van der Waals surface area contributed by atoms with Gasteiger partial charge in [0.25, 0.3) is 5.91 Å². The summed E-state index contributed by atoms with van der Waals surface area (Å²) in [5.74, 6) is -0.224. The van der Waals surface area contributed by atoms with E-state index in [4.69, 9.17) is 4.74 Å². The van der Waals surface area contributed by atoms with E-state index in [0.717, 1.165) is 12.0 Å². The topological polar surface area (TPSA) is 50.4 Å². The lowest BCUT2D eigenvalue weighted by molar-refractivity contribution is -0.129. The lowest BCUT2D eigenvalue weighted by atomic mass is 10.0. The highest BCUT2D eigenvalue weighted by molar-refractivity contribution is 5.81. The molecule has 0 fully saturated rings. The zero-order valence-corrected chi connectivity index (χ0v) is 13.4. The molecule has 2 N–H and O–H groups in total. The molecule has 0 aliphatic heterocycles. The fourth-order valence-corrected chi connectivity index (χ4v) is 1.78. The van der Waals surface area contributed by atoms with Crippen molar-refractivity contribution in [1.82, 2.24) is 10.6 Å². The van der Waals surface area contributed by atoms with E-state index in [9.17, 15) is 9.18 Å². The van der Waals surface area contributed by atoms with Gasteiger partial charge in [-0.25, -0.2) is 4.39 Å². The summed E-state index contributed by atoms with van der Waals surface area (Å²) >= 11 is 0. The van der Waals surface area contributed by atoms with E-state index >= 15 is 0 Å². The zero-order chi connectivity index (χ0) is 16.0. The standard InChI is InChI=1S/C16H25FN2O2/c1-6-16(3,4)19-15(20)11(2)21-14-8-12(10-18-5)7-13(17)9-14/h7-9,11,18H,6,10H2,1-5H3,(H,19,20). The minimum atomic E-state index is -0.680. The molecule has 1 aromatic carbocycles. The van der Waals surface area contributed by atoms with Crippen LogP contribution >= 0.6 is 0 Å². The van der Waals surface area contributed by atoms with Crippen LogP contribution in [0.5, 0.6) is 5.75 Å². The number of benzene rings is 1. The molecule has 0 spiro atoms. The molecule has 1 unspecified atom stereocenters. The van der Waals surface area contributed by atoms with Crippen molar-refractivity contribution in [3.8, 4) is 5.75 Å². The molecule has 1 rings (SSSR count). The first-order valence-corrected chi connectivity index (χ1v) is 7.20. The van der Waals surface area contributed by atoms with Crippen LogP contribution in [0.25, 0.3) is 0 Å². The molecular formula is C16H25FN2O2.